The highest BCUT2D eigenvalue weighted by Gasteiger charge is 2.21. The fourth-order valence-electron chi connectivity index (χ4n) is 1.79. The van der Waals surface area contributed by atoms with E-state index in [1.54, 1.807) is 18.2 Å². The van der Waals surface area contributed by atoms with Crippen LogP contribution in [0, 0.1) is 17.0 Å². The number of hydrogen-bond donors (Lipinski definition) is 2. The molecule has 0 bridgehead atoms. The molecule has 0 aromatic heterocycles. The minimum atomic E-state index is -0.667. The molecule has 0 unspecified atom stereocenters. The highest BCUT2D eigenvalue weighted by atomic mass is 79.9. The van der Waals surface area contributed by atoms with Crippen molar-refractivity contribution in [1.82, 2.24) is 0 Å². The van der Waals surface area contributed by atoms with Crippen molar-refractivity contribution in [2.24, 2.45) is 0 Å². The van der Waals surface area contributed by atoms with Gasteiger partial charge in [-0.3, -0.25) is 14.9 Å². The van der Waals surface area contributed by atoms with Gasteiger partial charge in [0.2, 0.25) is 0 Å². The Hall–Kier alpha value is -2.41. The van der Waals surface area contributed by atoms with E-state index in [4.69, 9.17) is 0 Å². The molecule has 0 saturated heterocycles. The van der Waals surface area contributed by atoms with Gasteiger partial charge in [0.1, 0.15) is 5.75 Å². The van der Waals surface area contributed by atoms with Gasteiger partial charge in [0.05, 0.1) is 10.5 Å². The van der Waals surface area contributed by atoms with Crippen molar-refractivity contribution < 1.29 is 14.8 Å². The number of halogens is 1. The van der Waals surface area contributed by atoms with Crippen LogP contribution in [-0.4, -0.2) is 15.9 Å². The van der Waals surface area contributed by atoms with E-state index in [1.807, 2.05) is 6.92 Å². The molecule has 0 radical (unpaired) electrons. The van der Waals surface area contributed by atoms with E-state index in [2.05, 4.69) is 21.2 Å². The highest BCUT2D eigenvalue weighted by Crippen LogP contribution is 2.33. The average molecular weight is 351 g/mol. The van der Waals surface area contributed by atoms with E-state index in [0.29, 0.717) is 10.0 Å². The Morgan fingerprint density at radius 3 is 2.67 bits per heavy atom. The molecule has 0 aliphatic heterocycles. The molecule has 2 rings (SSSR count). The lowest BCUT2D eigenvalue weighted by Gasteiger charge is -2.09. The van der Waals surface area contributed by atoms with Crippen LogP contribution in [-0.2, 0) is 0 Å². The summed E-state index contributed by atoms with van der Waals surface area (Å²) in [6.45, 7) is 1.88. The fraction of sp³-hybridized carbons (Fsp3) is 0.0714. The molecule has 0 fully saturated rings. The molecule has 6 nitrogen and oxygen atoms in total. The minimum Gasteiger partial charge on any atom is -0.505 e. The van der Waals surface area contributed by atoms with Crippen molar-refractivity contribution in [1.29, 1.82) is 0 Å². The standard InChI is InChI=1S/C14H11BrN2O4/c1-8-5-6-9(10(15)7-8)14(19)16-13-11(17(20)21)3-2-4-12(13)18/h2-7,18H,1H3,(H,16,19). The summed E-state index contributed by atoms with van der Waals surface area (Å²) in [4.78, 5) is 22.5. The van der Waals surface area contributed by atoms with Crippen LogP contribution >= 0.6 is 15.9 Å². The van der Waals surface area contributed by atoms with Gasteiger partial charge in [0.15, 0.2) is 5.69 Å². The van der Waals surface area contributed by atoms with Gasteiger partial charge >= 0.3 is 0 Å². The maximum atomic E-state index is 12.2. The predicted molar refractivity (Wildman–Crippen MR) is 81.6 cm³/mol. The van der Waals surface area contributed by atoms with Gasteiger partial charge < -0.3 is 10.4 Å². The number of benzene rings is 2. The number of nitro groups is 1. The van der Waals surface area contributed by atoms with E-state index < -0.39 is 10.8 Å². The van der Waals surface area contributed by atoms with Crippen molar-refractivity contribution in [2.45, 2.75) is 6.92 Å². The number of hydrogen-bond acceptors (Lipinski definition) is 4. The smallest absolute Gasteiger partial charge is 0.296 e. The average Bonchev–Trinajstić information content (AvgIpc) is 2.40. The van der Waals surface area contributed by atoms with E-state index in [1.165, 1.54) is 18.2 Å². The first-order chi connectivity index (χ1) is 9.90. The van der Waals surface area contributed by atoms with E-state index >= 15 is 0 Å². The Kier molecular flexibility index (Phi) is 4.23. The van der Waals surface area contributed by atoms with Gasteiger partial charge in [0, 0.05) is 10.5 Å². The molecule has 2 N–H and O–H groups in total. The second-order valence-corrected chi connectivity index (χ2v) is 5.22. The second-order valence-electron chi connectivity index (χ2n) is 4.37. The normalized spacial score (nSPS) is 10.2. The van der Waals surface area contributed by atoms with Gasteiger partial charge in [-0.2, -0.15) is 0 Å². The van der Waals surface area contributed by atoms with Crippen LogP contribution in [0.3, 0.4) is 0 Å². The third-order valence-electron chi connectivity index (χ3n) is 2.82. The lowest BCUT2D eigenvalue weighted by Crippen LogP contribution is -2.14. The zero-order valence-corrected chi connectivity index (χ0v) is 12.5. The Balaban J connectivity index is 2.38. The Morgan fingerprint density at radius 2 is 2.05 bits per heavy atom. The van der Waals surface area contributed by atoms with Crippen LogP contribution in [0.4, 0.5) is 11.4 Å². The van der Waals surface area contributed by atoms with Crippen molar-refractivity contribution in [3.8, 4) is 5.75 Å². The number of anilines is 1. The van der Waals surface area contributed by atoms with Gasteiger partial charge in [-0.15, -0.1) is 0 Å². The maximum absolute atomic E-state index is 12.2. The number of amides is 1. The molecule has 0 spiro atoms. The SMILES string of the molecule is Cc1ccc(C(=O)Nc2c(O)cccc2[N+](=O)[O-])c(Br)c1. The predicted octanol–water partition coefficient (Wildman–Crippen LogP) is 3.62. The molecule has 0 aliphatic rings. The molecule has 108 valence electrons. The summed E-state index contributed by atoms with van der Waals surface area (Å²) in [5.41, 5.74) is 0.691. The number of carbonyl (C=O) groups excluding carboxylic acids is 1. The lowest BCUT2D eigenvalue weighted by atomic mass is 10.1. The molecule has 0 aliphatic carbocycles. The quantitative estimate of drug-likeness (QED) is 0.502. The molecule has 2 aromatic carbocycles. The number of nitrogens with one attached hydrogen (secondary N) is 1. The van der Waals surface area contributed by atoms with E-state index in [-0.39, 0.29) is 17.1 Å². The van der Waals surface area contributed by atoms with Gasteiger partial charge in [-0.1, -0.05) is 12.1 Å². The molecular weight excluding hydrogens is 340 g/mol. The molecule has 1 amide bonds. The van der Waals surface area contributed by atoms with Gasteiger partial charge in [-0.25, -0.2) is 0 Å². The number of phenols is 1. The first-order valence-corrected chi connectivity index (χ1v) is 6.73. The van der Waals surface area contributed by atoms with Crippen molar-refractivity contribution >= 4 is 33.2 Å². The van der Waals surface area contributed by atoms with Gasteiger partial charge in [0.25, 0.3) is 11.6 Å². The summed E-state index contributed by atoms with van der Waals surface area (Å²) in [5.74, 6) is -0.910. The molecule has 7 heteroatoms. The van der Waals surface area contributed by atoms with E-state index in [9.17, 15) is 20.0 Å². The van der Waals surface area contributed by atoms with Crippen LogP contribution < -0.4 is 5.32 Å². The zero-order valence-electron chi connectivity index (χ0n) is 11.0. The minimum absolute atomic E-state index is 0.222. The van der Waals surface area contributed by atoms with Crippen LogP contribution in [0.15, 0.2) is 40.9 Å². The molecule has 0 atom stereocenters. The molecule has 2 aromatic rings. The number of phenolic OH excluding ortho intramolecular Hbond substituents is 1. The third-order valence-corrected chi connectivity index (χ3v) is 3.48. The topological polar surface area (TPSA) is 92.5 Å². The fourth-order valence-corrected chi connectivity index (χ4v) is 2.47. The first kappa shape index (κ1) is 15.0. The summed E-state index contributed by atoms with van der Waals surface area (Å²) in [5, 5.41) is 23.0. The summed E-state index contributed by atoms with van der Waals surface area (Å²) in [6, 6.07) is 8.92. The number of aromatic hydroxyl groups is 1. The summed E-state index contributed by atoms with van der Waals surface area (Å²) in [7, 11) is 0. The molecule has 21 heavy (non-hydrogen) atoms. The Morgan fingerprint density at radius 1 is 1.33 bits per heavy atom. The Labute approximate surface area is 128 Å². The zero-order chi connectivity index (χ0) is 15.6. The Bertz CT molecular complexity index is 731. The molecular formula is C14H11BrN2O4. The number of nitrogens with zero attached hydrogens (tertiary/aromatic N) is 1. The largest absolute Gasteiger partial charge is 0.505 e. The van der Waals surface area contributed by atoms with Crippen molar-refractivity contribution in [3.05, 3.63) is 62.1 Å². The van der Waals surface area contributed by atoms with Crippen LogP contribution in [0.25, 0.3) is 0 Å². The second kappa shape index (κ2) is 5.92. The molecule has 0 heterocycles. The third kappa shape index (κ3) is 3.19. The van der Waals surface area contributed by atoms with Crippen LogP contribution in [0.2, 0.25) is 0 Å². The number of carbonyl (C=O) groups is 1. The monoisotopic (exact) mass is 350 g/mol. The lowest BCUT2D eigenvalue weighted by molar-refractivity contribution is -0.384. The maximum Gasteiger partial charge on any atom is 0.296 e. The van der Waals surface area contributed by atoms with Crippen molar-refractivity contribution in [2.75, 3.05) is 5.32 Å². The van der Waals surface area contributed by atoms with Crippen molar-refractivity contribution in [3.63, 3.8) is 0 Å². The highest BCUT2D eigenvalue weighted by molar-refractivity contribution is 9.10. The van der Waals surface area contributed by atoms with Gasteiger partial charge in [-0.05, 0) is 46.6 Å². The number of nitro benzene ring substituents is 1. The van der Waals surface area contributed by atoms with Crippen LogP contribution in [0.1, 0.15) is 15.9 Å². The van der Waals surface area contributed by atoms with Crippen LogP contribution in [0.5, 0.6) is 5.75 Å². The number of para-hydroxylation sites is 1. The molecule has 0 saturated carbocycles. The first-order valence-electron chi connectivity index (χ1n) is 5.94. The summed E-state index contributed by atoms with van der Waals surface area (Å²) < 4.78 is 0.568. The van der Waals surface area contributed by atoms with E-state index in [0.717, 1.165) is 5.56 Å². The number of aryl methyl sites for hydroxylation is 1. The summed E-state index contributed by atoms with van der Waals surface area (Å²) >= 11 is 3.27. The summed E-state index contributed by atoms with van der Waals surface area (Å²) in [6.07, 6.45) is 0. The number of rotatable bonds is 3.